The zero-order chi connectivity index (χ0) is 29.3. The van der Waals surface area contributed by atoms with E-state index in [4.69, 9.17) is 37.9 Å². The van der Waals surface area contributed by atoms with Crippen molar-refractivity contribution in [1.82, 2.24) is 0 Å². The van der Waals surface area contributed by atoms with Crippen LogP contribution in [-0.2, 0) is 37.9 Å². The Balaban J connectivity index is 1.81. The molecule has 1 aromatic carbocycles. The standard InChI is InChI=1S/C25H43N3O12/c1-22(2)40-20-19-39-18-17-38-16-15-37-14-13-36-12-11-35-10-9-34-8-7-33-6-5-26-24-4-3-23(27(29)30)21-25(24)28(31)32/h3-4,21-22,26H,5-20H2,1-2H3. The molecule has 0 saturated heterocycles. The van der Waals surface area contributed by atoms with Gasteiger partial charge in [0.05, 0.1) is 121 Å². The molecule has 0 radical (unpaired) electrons. The molecule has 0 aliphatic heterocycles. The number of nitro benzene ring substituents is 2. The summed E-state index contributed by atoms with van der Waals surface area (Å²) in [6.45, 7) is 11.2. The molecule has 0 bridgehead atoms. The fourth-order valence-corrected chi connectivity index (χ4v) is 2.96. The smallest absolute Gasteiger partial charge is 0.299 e. The van der Waals surface area contributed by atoms with Crippen molar-refractivity contribution in [1.29, 1.82) is 0 Å². The van der Waals surface area contributed by atoms with Crippen molar-refractivity contribution in [3.63, 3.8) is 0 Å². The van der Waals surface area contributed by atoms with Gasteiger partial charge >= 0.3 is 0 Å². The van der Waals surface area contributed by atoms with E-state index in [2.05, 4.69) is 5.32 Å². The van der Waals surface area contributed by atoms with Gasteiger partial charge in [-0.05, 0) is 19.9 Å². The van der Waals surface area contributed by atoms with E-state index in [9.17, 15) is 20.2 Å². The number of rotatable bonds is 28. The van der Waals surface area contributed by atoms with Crippen molar-refractivity contribution < 1.29 is 47.7 Å². The Kier molecular flexibility index (Phi) is 21.6. The normalized spacial score (nSPS) is 11.3. The van der Waals surface area contributed by atoms with Crippen LogP contribution in [0.4, 0.5) is 17.1 Å². The topological polar surface area (TPSA) is 172 Å². The molecule has 0 aliphatic rings. The molecule has 0 amide bonds. The van der Waals surface area contributed by atoms with E-state index in [0.717, 1.165) is 6.07 Å². The van der Waals surface area contributed by atoms with Gasteiger partial charge in [-0.3, -0.25) is 20.2 Å². The lowest BCUT2D eigenvalue weighted by molar-refractivity contribution is -0.393. The maximum absolute atomic E-state index is 11.1. The van der Waals surface area contributed by atoms with E-state index >= 15 is 0 Å². The number of hydrogen-bond acceptors (Lipinski definition) is 13. The van der Waals surface area contributed by atoms with Crippen LogP contribution in [0.15, 0.2) is 18.2 Å². The van der Waals surface area contributed by atoms with Gasteiger partial charge in [0.1, 0.15) is 5.69 Å². The predicted octanol–water partition coefficient (Wildman–Crippen LogP) is 2.46. The molecule has 0 aliphatic carbocycles. The minimum absolute atomic E-state index is 0.190. The number of ether oxygens (including phenoxy) is 8. The Bertz CT molecular complexity index is 800. The molecule has 0 heterocycles. The third-order valence-corrected chi connectivity index (χ3v) is 4.86. The van der Waals surface area contributed by atoms with E-state index in [0.29, 0.717) is 99.0 Å². The SMILES string of the molecule is CC(C)OCCOCCOCCOCCOCCOCCOCCOCCNc1ccc([N+](=O)[O-])cc1[N+](=O)[O-]. The Morgan fingerprint density at radius 1 is 0.625 bits per heavy atom. The van der Waals surface area contributed by atoms with E-state index in [-0.39, 0.29) is 29.8 Å². The summed E-state index contributed by atoms with van der Waals surface area (Å²) in [6.07, 6.45) is 0.215. The van der Waals surface area contributed by atoms with Crippen molar-refractivity contribution in [2.75, 3.05) is 111 Å². The van der Waals surface area contributed by atoms with Gasteiger partial charge in [-0.15, -0.1) is 0 Å². The third kappa shape index (κ3) is 19.5. The van der Waals surface area contributed by atoms with Gasteiger partial charge in [0.15, 0.2) is 0 Å². The molecule has 0 aromatic heterocycles. The molecule has 1 N–H and O–H groups in total. The average molecular weight is 578 g/mol. The van der Waals surface area contributed by atoms with Gasteiger partial charge in [-0.1, -0.05) is 0 Å². The summed E-state index contributed by atoms with van der Waals surface area (Å²) in [7, 11) is 0. The lowest BCUT2D eigenvalue weighted by atomic mass is 10.2. The van der Waals surface area contributed by atoms with Gasteiger partial charge in [0.25, 0.3) is 11.4 Å². The predicted molar refractivity (Wildman–Crippen MR) is 145 cm³/mol. The van der Waals surface area contributed by atoms with Gasteiger partial charge in [-0.25, -0.2) is 0 Å². The molecule has 0 fully saturated rings. The highest BCUT2D eigenvalue weighted by Gasteiger charge is 2.19. The fourth-order valence-electron chi connectivity index (χ4n) is 2.96. The molecule has 1 aromatic rings. The van der Waals surface area contributed by atoms with Crippen LogP contribution < -0.4 is 5.32 Å². The van der Waals surface area contributed by atoms with Crippen LogP contribution in [0.3, 0.4) is 0 Å². The number of nitrogens with one attached hydrogen (secondary N) is 1. The Morgan fingerprint density at radius 2 is 1.02 bits per heavy atom. The zero-order valence-electron chi connectivity index (χ0n) is 23.4. The average Bonchev–Trinajstić information content (AvgIpc) is 2.92. The molecule has 40 heavy (non-hydrogen) atoms. The van der Waals surface area contributed by atoms with Gasteiger partial charge in [-0.2, -0.15) is 0 Å². The van der Waals surface area contributed by atoms with E-state index in [1.54, 1.807) is 0 Å². The largest absolute Gasteiger partial charge is 0.377 e. The maximum Gasteiger partial charge on any atom is 0.299 e. The molecule has 0 saturated carbocycles. The van der Waals surface area contributed by atoms with E-state index in [1.165, 1.54) is 12.1 Å². The van der Waals surface area contributed by atoms with Crippen molar-refractivity contribution in [2.24, 2.45) is 0 Å². The molecule has 230 valence electrons. The maximum atomic E-state index is 11.1. The monoisotopic (exact) mass is 577 g/mol. The second-order valence-corrected chi connectivity index (χ2v) is 8.35. The van der Waals surface area contributed by atoms with Crippen LogP contribution in [0.1, 0.15) is 13.8 Å². The van der Waals surface area contributed by atoms with Crippen LogP contribution in [0.2, 0.25) is 0 Å². The quantitative estimate of drug-likeness (QED) is 0.0875. The van der Waals surface area contributed by atoms with Gasteiger partial charge in [0.2, 0.25) is 0 Å². The Labute approximate surface area is 234 Å². The van der Waals surface area contributed by atoms with Gasteiger partial charge < -0.3 is 43.2 Å². The molecule has 15 nitrogen and oxygen atoms in total. The van der Waals surface area contributed by atoms with Crippen LogP contribution in [-0.4, -0.2) is 122 Å². The first-order chi connectivity index (χ1) is 19.4. The number of non-ortho nitro benzene ring substituents is 1. The van der Waals surface area contributed by atoms with Crippen molar-refractivity contribution in [3.05, 3.63) is 38.4 Å². The molecule has 0 unspecified atom stereocenters. The number of nitro groups is 2. The minimum Gasteiger partial charge on any atom is -0.377 e. The number of nitrogens with zero attached hydrogens (tertiary/aromatic N) is 2. The van der Waals surface area contributed by atoms with Crippen molar-refractivity contribution in [2.45, 2.75) is 20.0 Å². The number of hydrogen-bond donors (Lipinski definition) is 1. The highest BCUT2D eigenvalue weighted by molar-refractivity contribution is 5.65. The van der Waals surface area contributed by atoms with Crippen LogP contribution in [0.5, 0.6) is 0 Å². The van der Waals surface area contributed by atoms with E-state index < -0.39 is 9.85 Å². The summed E-state index contributed by atoms with van der Waals surface area (Å²) in [6, 6.07) is 3.43. The second kappa shape index (κ2) is 24.3. The summed E-state index contributed by atoms with van der Waals surface area (Å²) >= 11 is 0. The first kappa shape index (κ1) is 35.5. The third-order valence-electron chi connectivity index (χ3n) is 4.86. The Morgan fingerprint density at radius 3 is 1.40 bits per heavy atom. The zero-order valence-corrected chi connectivity index (χ0v) is 23.4. The fraction of sp³-hybridized carbons (Fsp3) is 0.760. The van der Waals surface area contributed by atoms with Crippen LogP contribution >= 0.6 is 0 Å². The molecule has 15 heteroatoms. The molecular weight excluding hydrogens is 534 g/mol. The molecular formula is C25H43N3O12. The molecule has 0 spiro atoms. The minimum atomic E-state index is -0.680. The summed E-state index contributed by atoms with van der Waals surface area (Å²) in [5, 5.41) is 24.7. The lowest BCUT2D eigenvalue weighted by Gasteiger charge is -2.09. The summed E-state index contributed by atoms with van der Waals surface area (Å²) in [5.74, 6) is 0. The van der Waals surface area contributed by atoms with Crippen molar-refractivity contribution in [3.8, 4) is 0 Å². The first-order valence-corrected chi connectivity index (χ1v) is 13.2. The molecule has 0 atom stereocenters. The van der Waals surface area contributed by atoms with Crippen LogP contribution in [0, 0.1) is 20.2 Å². The van der Waals surface area contributed by atoms with Gasteiger partial charge in [0, 0.05) is 12.6 Å². The first-order valence-electron chi connectivity index (χ1n) is 13.2. The summed E-state index contributed by atoms with van der Waals surface area (Å²) in [5.41, 5.74) is -0.513. The highest BCUT2D eigenvalue weighted by atomic mass is 16.6. The Hall–Kier alpha value is -2.50. The van der Waals surface area contributed by atoms with E-state index in [1.807, 2.05) is 13.8 Å². The van der Waals surface area contributed by atoms with Crippen molar-refractivity contribution >= 4 is 17.1 Å². The second-order valence-electron chi connectivity index (χ2n) is 8.35. The molecule has 1 rings (SSSR count). The number of benzene rings is 1. The summed E-state index contributed by atoms with van der Waals surface area (Å²) in [4.78, 5) is 20.5. The lowest BCUT2D eigenvalue weighted by Crippen LogP contribution is -2.16. The van der Waals surface area contributed by atoms with Crippen LogP contribution in [0.25, 0.3) is 0 Å². The number of anilines is 1. The highest BCUT2D eigenvalue weighted by Crippen LogP contribution is 2.28. The summed E-state index contributed by atoms with van der Waals surface area (Å²) < 4.78 is 43.3.